The highest BCUT2D eigenvalue weighted by Gasteiger charge is 2.80. The average molecular weight is 607 g/mol. The number of carbonyl (C=O) groups is 1. The lowest BCUT2D eigenvalue weighted by Crippen LogP contribution is -2.56. The molecule has 0 bridgehead atoms. The molecule has 2 heterocycles. The molecule has 5 aliphatic carbocycles. The third-order valence-corrected chi connectivity index (χ3v) is 14.5. The van der Waals surface area contributed by atoms with Crippen molar-refractivity contribution in [3.63, 3.8) is 0 Å². The molecule has 7 rings (SSSR count). The highest BCUT2D eigenvalue weighted by molar-refractivity contribution is 5.66. The molecule has 2 saturated heterocycles. The number of hydrogen-bond acceptors (Lipinski definition) is 8. The highest BCUT2D eigenvalue weighted by atomic mass is 16.7. The fraction of sp³-hybridized carbons (Fsp3) is 0.971. The molecule has 246 valence electrons. The second kappa shape index (κ2) is 10.1. The summed E-state index contributed by atoms with van der Waals surface area (Å²) in [6.45, 7) is 12.4. The predicted octanol–water partition coefficient (Wildman–Crippen LogP) is 4.99. The molecule has 5 saturated carbocycles. The number of rotatable bonds is 5. The minimum absolute atomic E-state index is 0. The van der Waals surface area contributed by atoms with Crippen molar-refractivity contribution < 1.29 is 40.5 Å². The van der Waals surface area contributed by atoms with Gasteiger partial charge in [0, 0.05) is 14.8 Å². The van der Waals surface area contributed by atoms with Gasteiger partial charge < -0.3 is 34.3 Å². The second-order valence-corrected chi connectivity index (χ2v) is 17.3. The van der Waals surface area contributed by atoms with E-state index in [-0.39, 0.29) is 43.1 Å². The van der Waals surface area contributed by atoms with Crippen molar-refractivity contribution in [2.45, 2.75) is 161 Å². The van der Waals surface area contributed by atoms with E-state index < -0.39 is 30.2 Å². The molecule has 0 radical (unpaired) electrons. The summed E-state index contributed by atoms with van der Waals surface area (Å²) < 4.78 is 24.8. The molecule has 0 amide bonds. The van der Waals surface area contributed by atoms with Crippen LogP contribution in [-0.4, -0.2) is 76.4 Å². The summed E-state index contributed by atoms with van der Waals surface area (Å²) in [4.78, 5) is 11.9. The zero-order valence-corrected chi connectivity index (χ0v) is 27.2. The lowest BCUT2D eigenvalue weighted by Gasteiger charge is -2.60. The van der Waals surface area contributed by atoms with Gasteiger partial charge in [-0.3, -0.25) is 4.79 Å². The quantitative estimate of drug-likeness (QED) is 0.296. The van der Waals surface area contributed by atoms with Crippen LogP contribution in [0.1, 0.15) is 114 Å². The van der Waals surface area contributed by atoms with E-state index in [1.54, 1.807) is 13.8 Å². The van der Waals surface area contributed by atoms with Gasteiger partial charge in [-0.2, -0.15) is 0 Å². The van der Waals surface area contributed by atoms with Crippen molar-refractivity contribution in [2.75, 3.05) is 6.61 Å². The van der Waals surface area contributed by atoms with Crippen LogP contribution >= 0.6 is 0 Å². The zero-order valence-electron chi connectivity index (χ0n) is 27.2. The van der Waals surface area contributed by atoms with Crippen molar-refractivity contribution in [2.24, 2.45) is 45.3 Å². The first kappa shape index (κ1) is 30.9. The molecular formula is C35H58O8. The van der Waals surface area contributed by atoms with Crippen molar-refractivity contribution in [1.29, 1.82) is 0 Å². The van der Waals surface area contributed by atoms with Crippen LogP contribution < -0.4 is 0 Å². The largest absolute Gasteiger partial charge is 0.457 e. The molecule has 8 nitrogen and oxygen atoms in total. The second-order valence-electron chi connectivity index (χ2n) is 17.3. The van der Waals surface area contributed by atoms with E-state index in [0.29, 0.717) is 35.0 Å². The Kier molecular flexibility index (Phi) is 7.26. The smallest absolute Gasteiger partial charge is 0.303 e. The van der Waals surface area contributed by atoms with Crippen LogP contribution in [0.5, 0.6) is 0 Å². The number of carbonyl (C=O) groups excluding carboxylic acids is 1. The Morgan fingerprint density at radius 2 is 1.67 bits per heavy atom. The molecule has 10 unspecified atom stereocenters. The Hall–Kier alpha value is -0.770. The minimum atomic E-state index is -1.15. The first-order chi connectivity index (χ1) is 20.1. The summed E-state index contributed by atoms with van der Waals surface area (Å²) >= 11 is 0. The van der Waals surface area contributed by atoms with Crippen molar-refractivity contribution >= 4 is 5.97 Å². The van der Waals surface area contributed by atoms with Gasteiger partial charge in [0.25, 0.3) is 0 Å². The molecular weight excluding hydrogens is 548 g/mol. The fourth-order valence-electron chi connectivity index (χ4n) is 12.6. The van der Waals surface area contributed by atoms with Gasteiger partial charge in [0.1, 0.15) is 6.10 Å². The molecule has 3 N–H and O–H groups in total. The molecule has 7 fully saturated rings. The van der Waals surface area contributed by atoms with Crippen LogP contribution in [-0.2, 0) is 23.7 Å². The lowest BCUT2D eigenvalue weighted by atomic mass is 9.46. The van der Waals surface area contributed by atoms with E-state index >= 15 is 0 Å². The van der Waals surface area contributed by atoms with E-state index in [2.05, 4.69) is 20.8 Å². The van der Waals surface area contributed by atoms with Crippen molar-refractivity contribution in [3.05, 3.63) is 0 Å². The maximum atomic E-state index is 11.9. The molecule has 8 heteroatoms. The molecule has 14 atom stereocenters. The van der Waals surface area contributed by atoms with Crippen LogP contribution in [0.3, 0.4) is 0 Å². The van der Waals surface area contributed by atoms with E-state index in [4.69, 9.17) is 18.9 Å². The molecule has 7 aliphatic rings. The van der Waals surface area contributed by atoms with E-state index in [0.717, 1.165) is 31.6 Å². The van der Waals surface area contributed by atoms with Gasteiger partial charge in [-0.05, 0) is 123 Å². The predicted molar refractivity (Wildman–Crippen MR) is 161 cm³/mol. The number of fused-ring (bicyclic) bond motifs is 4. The Morgan fingerprint density at radius 1 is 0.930 bits per heavy atom. The van der Waals surface area contributed by atoms with Gasteiger partial charge in [-0.1, -0.05) is 20.8 Å². The van der Waals surface area contributed by atoms with Crippen LogP contribution in [0.2, 0.25) is 0 Å². The number of ether oxygens (including phenoxy) is 4. The van der Waals surface area contributed by atoms with E-state index in [9.17, 15) is 20.1 Å². The maximum absolute atomic E-state index is 11.9. The Bertz CT molecular complexity index is 1110. The first-order valence-corrected chi connectivity index (χ1v) is 17.3. The molecule has 2 spiro atoms. The SMILES string of the molecule is CC(=O)O[C@@H](C1CCC2C(CC3C4CCC5C(C)(C)[C@@H](OC6C[C@@H](O)C(O)CO6)CCC56C[C@@]46CCC23C)O1)C(C)(C)O.[HH]. The van der Waals surface area contributed by atoms with Crippen molar-refractivity contribution in [1.82, 2.24) is 0 Å². The molecule has 0 aromatic heterocycles. The van der Waals surface area contributed by atoms with Gasteiger partial charge >= 0.3 is 5.97 Å². The minimum Gasteiger partial charge on any atom is -0.457 e. The number of esters is 1. The lowest BCUT2D eigenvalue weighted by molar-refractivity contribution is -0.264. The van der Waals surface area contributed by atoms with E-state index in [1.165, 1.54) is 45.4 Å². The Morgan fingerprint density at radius 3 is 2.37 bits per heavy atom. The van der Waals surface area contributed by atoms with Gasteiger partial charge in [0.05, 0.1) is 36.6 Å². The molecule has 43 heavy (non-hydrogen) atoms. The van der Waals surface area contributed by atoms with Gasteiger partial charge in [-0.15, -0.1) is 0 Å². The first-order valence-electron chi connectivity index (χ1n) is 17.3. The molecule has 2 aliphatic heterocycles. The summed E-state index contributed by atoms with van der Waals surface area (Å²) in [5.41, 5.74) is 0.00131. The number of aliphatic hydroxyl groups is 3. The summed E-state index contributed by atoms with van der Waals surface area (Å²) in [5, 5.41) is 31.0. The normalized spacial score (nSPS) is 52.5. The monoisotopic (exact) mass is 606 g/mol. The molecule has 0 aromatic carbocycles. The fourth-order valence-corrected chi connectivity index (χ4v) is 12.6. The van der Waals surface area contributed by atoms with Crippen LogP contribution in [0.25, 0.3) is 0 Å². The third kappa shape index (κ3) is 4.54. The Labute approximate surface area is 259 Å². The topological polar surface area (TPSA) is 115 Å². The van der Waals surface area contributed by atoms with Gasteiger partial charge in [0.15, 0.2) is 12.4 Å². The summed E-state index contributed by atoms with van der Waals surface area (Å²) in [6, 6.07) is 0. The van der Waals surface area contributed by atoms with Gasteiger partial charge in [-0.25, -0.2) is 0 Å². The van der Waals surface area contributed by atoms with E-state index in [1.807, 2.05) is 0 Å². The standard InChI is InChI=1S/C35H56O8.H2/c1-19(36)41-30(32(4,5)39)25-9-7-21-26(42-25)15-22-20-8-10-27-31(2,3)28(43-29-16-23(37)24(38)17-40-29)11-12-35(27)18-34(20,35)14-13-33(21,22)6;/h20-30,37-39H,7-18H2,1-6H3;1H/t20?,21?,22?,23-,24?,25?,26?,27?,28+,29?,30+,33?,34+,35?;/m1./s1. The van der Waals surface area contributed by atoms with Crippen LogP contribution in [0, 0.1) is 45.3 Å². The summed E-state index contributed by atoms with van der Waals surface area (Å²) in [7, 11) is 0. The number of hydrogen-bond donors (Lipinski definition) is 3. The van der Waals surface area contributed by atoms with Crippen molar-refractivity contribution in [3.8, 4) is 0 Å². The zero-order chi connectivity index (χ0) is 30.7. The van der Waals surface area contributed by atoms with Crippen LogP contribution in [0.15, 0.2) is 0 Å². The highest BCUT2D eigenvalue weighted by Crippen LogP contribution is 2.87. The third-order valence-electron chi connectivity index (χ3n) is 14.5. The maximum Gasteiger partial charge on any atom is 0.303 e. The summed E-state index contributed by atoms with van der Waals surface area (Å²) in [5.74, 6) is 2.18. The van der Waals surface area contributed by atoms with Gasteiger partial charge in [0.2, 0.25) is 0 Å². The number of aliphatic hydroxyl groups excluding tert-OH is 2. The Balaban J connectivity index is 0.00000343. The van der Waals surface area contributed by atoms with Crippen LogP contribution in [0.4, 0.5) is 0 Å². The average Bonchev–Trinajstić information content (AvgIpc) is 3.50. The summed E-state index contributed by atoms with van der Waals surface area (Å²) in [6.07, 6.45) is 9.32. The molecule has 0 aromatic rings.